The lowest BCUT2D eigenvalue weighted by Gasteiger charge is -2.12. The van der Waals surface area contributed by atoms with Gasteiger partial charge < -0.3 is 4.74 Å². The Kier molecular flexibility index (Phi) is 3.61. The molecule has 0 amide bonds. The van der Waals surface area contributed by atoms with E-state index in [4.69, 9.17) is 0 Å². The third-order valence-electron chi connectivity index (χ3n) is 2.55. The Morgan fingerprint density at radius 3 is 2.89 bits per heavy atom. The molecule has 1 aromatic heterocycles. The van der Waals surface area contributed by atoms with Gasteiger partial charge in [0, 0.05) is 0 Å². The second-order valence-electron chi connectivity index (χ2n) is 3.62. The van der Waals surface area contributed by atoms with Crippen molar-refractivity contribution in [2.45, 2.75) is 12.3 Å². The lowest BCUT2D eigenvalue weighted by atomic mass is 9.94. The minimum Gasteiger partial charge on any atom is -0.469 e. The van der Waals surface area contributed by atoms with Crippen molar-refractivity contribution < 1.29 is 13.9 Å². The normalized spacial score (nSPS) is 12.1. The van der Waals surface area contributed by atoms with Crippen molar-refractivity contribution in [1.29, 1.82) is 0 Å². The van der Waals surface area contributed by atoms with Crippen molar-refractivity contribution in [3.63, 3.8) is 0 Å². The van der Waals surface area contributed by atoms with Crippen molar-refractivity contribution >= 4 is 5.97 Å². The fourth-order valence-corrected chi connectivity index (χ4v) is 1.67. The van der Waals surface area contributed by atoms with E-state index in [-0.39, 0.29) is 12.2 Å². The van der Waals surface area contributed by atoms with E-state index in [0.717, 1.165) is 0 Å². The van der Waals surface area contributed by atoms with Gasteiger partial charge in [0.05, 0.1) is 19.4 Å². The molecular formula is C11H11FN4O2. The number of ether oxygens (including phenoxy) is 1. The first-order valence-electron chi connectivity index (χ1n) is 5.27. The van der Waals surface area contributed by atoms with Crippen LogP contribution in [0.2, 0.25) is 0 Å². The molecule has 0 bridgehead atoms. The first-order chi connectivity index (χ1) is 8.72. The molecule has 0 radical (unpaired) electrons. The van der Waals surface area contributed by atoms with Gasteiger partial charge in [-0.25, -0.2) is 4.39 Å². The van der Waals surface area contributed by atoms with Gasteiger partial charge in [-0.15, -0.1) is 10.2 Å². The van der Waals surface area contributed by atoms with Crippen molar-refractivity contribution in [2.24, 2.45) is 0 Å². The Bertz CT molecular complexity index is 530. The number of aromatic nitrogens is 4. The van der Waals surface area contributed by atoms with Crippen LogP contribution in [0.15, 0.2) is 24.3 Å². The first kappa shape index (κ1) is 12.2. The molecule has 94 valence electrons. The Hall–Kier alpha value is -2.31. The second-order valence-corrected chi connectivity index (χ2v) is 3.62. The van der Waals surface area contributed by atoms with Crippen molar-refractivity contribution in [1.82, 2.24) is 20.6 Å². The molecule has 1 atom stereocenters. The number of nitrogens with zero attached hydrogens (tertiary/aromatic N) is 3. The molecule has 1 N–H and O–H groups in total. The molecule has 18 heavy (non-hydrogen) atoms. The molecule has 0 aliphatic rings. The van der Waals surface area contributed by atoms with Gasteiger partial charge in [-0.05, 0) is 11.6 Å². The summed E-state index contributed by atoms with van der Waals surface area (Å²) >= 11 is 0. The molecule has 0 aliphatic carbocycles. The Labute approximate surface area is 102 Å². The van der Waals surface area contributed by atoms with Gasteiger partial charge in [0.25, 0.3) is 0 Å². The molecule has 0 saturated carbocycles. The molecule has 1 unspecified atom stereocenters. The van der Waals surface area contributed by atoms with Gasteiger partial charge in [0.15, 0.2) is 5.82 Å². The number of aromatic amines is 1. The van der Waals surface area contributed by atoms with Gasteiger partial charge in [-0.3, -0.25) is 4.79 Å². The first-order valence-corrected chi connectivity index (χ1v) is 5.27. The molecular weight excluding hydrogens is 239 g/mol. The third kappa shape index (κ3) is 2.50. The molecule has 7 heteroatoms. The van der Waals surface area contributed by atoms with E-state index in [0.29, 0.717) is 5.56 Å². The Balaban J connectivity index is 2.36. The number of rotatable bonds is 4. The summed E-state index contributed by atoms with van der Waals surface area (Å²) in [5, 5.41) is 13.3. The Morgan fingerprint density at radius 2 is 2.28 bits per heavy atom. The van der Waals surface area contributed by atoms with E-state index in [2.05, 4.69) is 25.4 Å². The monoisotopic (exact) mass is 250 g/mol. The van der Waals surface area contributed by atoms with Gasteiger partial charge in [0.1, 0.15) is 5.82 Å². The van der Waals surface area contributed by atoms with E-state index in [1.165, 1.54) is 13.2 Å². The predicted molar refractivity (Wildman–Crippen MR) is 59.1 cm³/mol. The highest BCUT2D eigenvalue weighted by Gasteiger charge is 2.25. The molecule has 0 aliphatic heterocycles. The quantitative estimate of drug-likeness (QED) is 0.820. The molecule has 0 saturated heterocycles. The van der Waals surface area contributed by atoms with E-state index >= 15 is 0 Å². The summed E-state index contributed by atoms with van der Waals surface area (Å²) in [5.74, 6) is -1.24. The van der Waals surface area contributed by atoms with Crippen LogP contribution in [0.3, 0.4) is 0 Å². The summed E-state index contributed by atoms with van der Waals surface area (Å²) in [5.41, 5.74) is 0.337. The highest BCUT2D eigenvalue weighted by Crippen LogP contribution is 2.27. The predicted octanol–water partition coefficient (Wildman–Crippen LogP) is 1.03. The topological polar surface area (TPSA) is 80.8 Å². The molecule has 0 spiro atoms. The van der Waals surface area contributed by atoms with Crippen LogP contribution >= 0.6 is 0 Å². The molecule has 1 heterocycles. The number of carbonyl (C=O) groups is 1. The van der Waals surface area contributed by atoms with Gasteiger partial charge >= 0.3 is 5.97 Å². The molecule has 1 aromatic carbocycles. The average molecular weight is 250 g/mol. The maximum atomic E-state index is 13.7. The number of methoxy groups -OCH3 is 1. The highest BCUT2D eigenvalue weighted by molar-refractivity contribution is 5.71. The minimum atomic E-state index is -0.614. The molecule has 6 nitrogen and oxygen atoms in total. The summed E-state index contributed by atoms with van der Waals surface area (Å²) in [6.45, 7) is 0. The van der Waals surface area contributed by atoms with Crippen molar-refractivity contribution in [2.75, 3.05) is 7.11 Å². The summed E-state index contributed by atoms with van der Waals surface area (Å²) in [6, 6.07) is 6.16. The number of hydrogen-bond acceptors (Lipinski definition) is 5. The van der Waals surface area contributed by atoms with Crippen LogP contribution in [0, 0.1) is 5.82 Å². The van der Waals surface area contributed by atoms with Crippen LogP contribution in [0.5, 0.6) is 0 Å². The number of nitrogens with one attached hydrogen (secondary N) is 1. The summed E-state index contributed by atoms with van der Waals surface area (Å²) in [6.07, 6.45) is -0.0447. The number of hydrogen-bond donors (Lipinski definition) is 1. The highest BCUT2D eigenvalue weighted by atomic mass is 19.1. The van der Waals surface area contributed by atoms with E-state index in [1.807, 2.05) is 0 Å². The number of halogens is 1. The molecule has 0 fully saturated rings. The second kappa shape index (κ2) is 5.35. The largest absolute Gasteiger partial charge is 0.469 e. The fraction of sp³-hybridized carbons (Fsp3) is 0.273. The van der Waals surface area contributed by atoms with E-state index < -0.39 is 17.7 Å². The zero-order valence-electron chi connectivity index (χ0n) is 9.63. The minimum absolute atomic E-state index is 0.0447. The zero-order valence-corrected chi connectivity index (χ0v) is 9.63. The third-order valence-corrected chi connectivity index (χ3v) is 2.55. The van der Waals surface area contributed by atoms with Gasteiger partial charge in [-0.2, -0.15) is 5.21 Å². The van der Waals surface area contributed by atoms with Crippen LogP contribution in [-0.4, -0.2) is 33.7 Å². The lowest BCUT2D eigenvalue weighted by Crippen LogP contribution is -2.13. The van der Waals surface area contributed by atoms with Gasteiger partial charge in [-0.1, -0.05) is 23.4 Å². The zero-order chi connectivity index (χ0) is 13.0. The lowest BCUT2D eigenvalue weighted by molar-refractivity contribution is -0.140. The molecule has 2 aromatic rings. The van der Waals surface area contributed by atoms with Gasteiger partial charge in [0.2, 0.25) is 0 Å². The van der Waals surface area contributed by atoms with Crippen LogP contribution < -0.4 is 0 Å². The Morgan fingerprint density at radius 1 is 1.50 bits per heavy atom. The standard InChI is InChI=1S/C11H11FN4O2/c1-18-10(17)6-8(11-13-15-16-14-11)7-4-2-3-5-9(7)12/h2-5,8H,6H2,1H3,(H,13,14,15,16). The molecule has 2 rings (SSSR count). The summed E-state index contributed by atoms with van der Waals surface area (Å²) in [4.78, 5) is 11.4. The number of esters is 1. The van der Waals surface area contributed by atoms with Crippen LogP contribution in [0.25, 0.3) is 0 Å². The van der Waals surface area contributed by atoms with Crippen molar-refractivity contribution in [3.8, 4) is 0 Å². The van der Waals surface area contributed by atoms with Crippen LogP contribution in [0.4, 0.5) is 4.39 Å². The number of carbonyl (C=O) groups excluding carboxylic acids is 1. The summed E-state index contributed by atoms with van der Waals surface area (Å²) < 4.78 is 18.3. The number of benzene rings is 1. The maximum absolute atomic E-state index is 13.7. The average Bonchev–Trinajstić information content (AvgIpc) is 2.90. The number of H-pyrrole nitrogens is 1. The smallest absolute Gasteiger partial charge is 0.306 e. The summed E-state index contributed by atoms with van der Waals surface area (Å²) in [7, 11) is 1.27. The van der Waals surface area contributed by atoms with Crippen molar-refractivity contribution in [3.05, 3.63) is 41.5 Å². The maximum Gasteiger partial charge on any atom is 0.306 e. The van der Waals surface area contributed by atoms with Crippen LogP contribution in [-0.2, 0) is 9.53 Å². The van der Waals surface area contributed by atoms with E-state index in [1.54, 1.807) is 18.2 Å². The SMILES string of the molecule is COC(=O)CC(c1nn[nH]n1)c1ccccc1F. The number of tetrazole rings is 1. The fourth-order valence-electron chi connectivity index (χ4n) is 1.67. The van der Waals surface area contributed by atoms with Crippen LogP contribution in [0.1, 0.15) is 23.7 Å². The van der Waals surface area contributed by atoms with E-state index in [9.17, 15) is 9.18 Å².